The summed E-state index contributed by atoms with van der Waals surface area (Å²) in [6.45, 7) is 6.38. The number of ether oxygens (including phenoxy) is 2. The Kier molecular flexibility index (Phi) is 8.34. The van der Waals surface area contributed by atoms with Crippen LogP contribution in [0, 0.1) is 11.3 Å². The van der Waals surface area contributed by atoms with E-state index in [0.29, 0.717) is 37.3 Å². The third-order valence-corrected chi connectivity index (χ3v) is 8.98. The van der Waals surface area contributed by atoms with E-state index >= 15 is 0 Å². The van der Waals surface area contributed by atoms with E-state index in [4.69, 9.17) is 9.47 Å². The second-order valence-corrected chi connectivity index (χ2v) is 11.2. The third-order valence-electron chi connectivity index (χ3n) is 8.98. The van der Waals surface area contributed by atoms with E-state index in [-0.39, 0.29) is 11.3 Å². The van der Waals surface area contributed by atoms with Crippen LogP contribution in [0.5, 0.6) is 5.75 Å². The predicted molar refractivity (Wildman–Crippen MR) is 147 cm³/mol. The minimum Gasteiger partial charge on any atom is -0.497 e. The number of likely N-dealkylation sites (tertiary alicyclic amines) is 3. The monoisotopic (exact) mass is 519 g/mol. The van der Waals surface area contributed by atoms with Crippen LogP contribution in [0.15, 0.2) is 54.6 Å². The maximum absolute atomic E-state index is 13.5. The first-order valence-electron chi connectivity index (χ1n) is 14.0. The Bertz CT molecular complexity index is 1080. The predicted octanol–water partition coefficient (Wildman–Crippen LogP) is 3.79. The van der Waals surface area contributed by atoms with Gasteiger partial charge in [-0.1, -0.05) is 42.5 Å². The number of hydrogen-bond donors (Lipinski definition) is 0. The zero-order valence-corrected chi connectivity index (χ0v) is 22.8. The van der Waals surface area contributed by atoms with E-state index < -0.39 is 0 Å². The molecule has 2 atom stereocenters. The Balaban J connectivity index is 1.18. The first-order chi connectivity index (χ1) is 18.5. The molecule has 3 aliphatic rings. The average Bonchev–Trinajstić information content (AvgIpc) is 3.51. The van der Waals surface area contributed by atoms with Gasteiger partial charge in [-0.25, -0.2) is 0 Å². The van der Waals surface area contributed by atoms with Crippen molar-refractivity contribution in [1.82, 2.24) is 14.7 Å². The molecule has 2 aromatic rings. The minimum atomic E-state index is -0.209. The molecule has 0 saturated carbocycles. The molecule has 204 valence electrons. The molecule has 0 aliphatic carbocycles. The highest BCUT2D eigenvalue weighted by Crippen LogP contribution is 2.43. The molecular formula is C31H41N3O4. The summed E-state index contributed by atoms with van der Waals surface area (Å²) in [4.78, 5) is 32.9. The molecule has 2 amide bonds. The van der Waals surface area contributed by atoms with Crippen LogP contribution >= 0.6 is 0 Å². The number of carbonyl (C=O) groups excluding carboxylic acids is 2. The number of carbonyl (C=O) groups is 2. The first kappa shape index (κ1) is 26.7. The number of methoxy groups -OCH3 is 2. The van der Waals surface area contributed by atoms with Gasteiger partial charge in [0, 0.05) is 45.8 Å². The van der Waals surface area contributed by atoms with Crippen molar-refractivity contribution >= 4 is 11.8 Å². The summed E-state index contributed by atoms with van der Waals surface area (Å²) in [5.41, 5.74) is 2.25. The highest BCUT2D eigenvalue weighted by molar-refractivity contribution is 5.85. The summed E-state index contributed by atoms with van der Waals surface area (Å²) in [5, 5.41) is 0. The van der Waals surface area contributed by atoms with Crippen LogP contribution in [0.25, 0.3) is 0 Å². The van der Waals surface area contributed by atoms with Crippen LogP contribution in [0.4, 0.5) is 0 Å². The maximum atomic E-state index is 13.5. The van der Waals surface area contributed by atoms with Crippen molar-refractivity contribution in [2.75, 3.05) is 60.1 Å². The van der Waals surface area contributed by atoms with Crippen molar-refractivity contribution < 1.29 is 19.1 Å². The van der Waals surface area contributed by atoms with Crippen LogP contribution in [-0.2, 0) is 20.9 Å². The summed E-state index contributed by atoms with van der Waals surface area (Å²) in [7, 11) is 3.31. The molecule has 3 aliphatic heterocycles. The van der Waals surface area contributed by atoms with Gasteiger partial charge in [-0.05, 0) is 61.5 Å². The Morgan fingerprint density at radius 3 is 2.34 bits per heavy atom. The molecule has 0 bridgehead atoms. The molecule has 7 heteroatoms. The van der Waals surface area contributed by atoms with E-state index in [1.807, 2.05) is 34.1 Å². The zero-order chi connectivity index (χ0) is 26.5. The molecule has 3 fully saturated rings. The van der Waals surface area contributed by atoms with Crippen molar-refractivity contribution in [3.63, 3.8) is 0 Å². The molecule has 2 aromatic carbocycles. The summed E-state index contributed by atoms with van der Waals surface area (Å²) < 4.78 is 10.4. The van der Waals surface area contributed by atoms with Gasteiger partial charge in [0.2, 0.25) is 11.8 Å². The lowest BCUT2D eigenvalue weighted by atomic mass is 9.76. The normalized spacial score (nSPS) is 23.4. The van der Waals surface area contributed by atoms with Crippen molar-refractivity contribution in [3.8, 4) is 5.75 Å². The molecule has 0 aromatic heterocycles. The summed E-state index contributed by atoms with van der Waals surface area (Å²) >= 11 is 0. The molecule has 3 heterocycles. The van der Waals surface area contributed by atoms with Crippen molar-refractivity contribution in [2.45, 2.75) is 38.1 Å². The quantitative estimate of drug-likeness (QED) is 0.505. The number of hydrogen-bond acceptors (Lipinski definition) is 5. The largest absolute Gasteiger partial charge is 0.497 e. The first-order valence-corrected chi connectivity index (χ1v) is 14.0. The van der Waals surface area contributed by atoms with Gasteiger partial charge in [-0.15, -0.1) is 0 Å². The van der Waals surface area contributed by atoms with Gasteiger partial charge in [-0.2, -0.15) is 0 Å². The smallest absolute Gasteiger partial charge is 0.229 e. The highest BCUT2D eigenvalue weighted by atomic mass is 16.5. The van der Waals surface area contributed by atoms with Gasteiger partial charge in [0.15, 0.2) is 0 Å². The number of amides is 2. The Labute approximate surface area is 226 Å². The molecule has 1 spiro atoms. The number of rotatable bonds is 9. The van der Waals surface area contributed by atoms with Gasteiger partial charge >= 0.3 is 0 Å². The fraction of sp³-hybridized carbons (Fsp3) is 0.548. The fourth-order valence-electron chi connectivity index (χ4n) is 6.64. The summed E-state index contributed by atoms with van der Waals surface area (Å²) in [6, 6.07) is 18.6. The average molecular weight is 520 g/mol. The van der Waals surface area contributed by atoms with Crippen LogP contribution < -0.4 is 4.74 Å². The Morgan fingerprint density at radius 2 is 1.66 bits per heavy atom. The Morgan fingerprint density at radius 1 is 0.947 bits per heavy atom. The van der Waals surface area contributed by atoms with Gasteiger partial charge in [0.05, 0.1) is 25.6 Å². The lowest BCUT2D eigenvalue weighted by molar-refractivity contribution is -0.139. The van der Waals surface area contributed by atoms with Crippen LogP contribution in [0.1, 0.15) is 42.7 Å². The van der Waals surface area contributed by atoms with Gasteiger partial charge in [-0.3, -0.25) is 9.59 Å². The van der Waals surface area contributed by atoms with E-state index in [1.165, 1.54) is 5.56 Å². The van der Waals surface area contributed by atoms with Crippen LogP contribution in [0.3, 0.4) is 0 Å². The topological polar surface area (TPSA) is 62.3 Å². The summed E-state index contributed by atoms with van der Waals surface area (Å²) in [6.07, 6.45) is 3.23. The molecule has 7 nitrogen and oxygen atoms in total. The molecule has 38 heavy (non-hydrogen) atoms. The summed E-state index contributed by atoms with van der Waals surface area (Å²) in [5.74, 6) is 2.08. The minimum absolute atomic E-state index is 0.182. The van der Waals surface area contributed by atoms with E-state index in [1.54, 1.807) is 14.2 Å². The maximum Gasteiger partial charge on any atom is 0.229 e. The fourth-order valence-corrected chi connectivity index (χ4v) is 6.64. The van der Waals surface area contributed by atoms with Crippen molar-refractivity contribution in [3.05, 3.63) is 65.7 Å². The third kappa shape index (κ3) is 5.74. The molecule has 0 N–H and O–H groups in total. The van der Waals surface area contributed by atoms with E-state index in [9.17, 15) is 9.59 Å². The number of nitrogens with zero attached hydrogens (tertiary/aromatic N) is 3. The molecule has 0 unspecified atom stereocenters. The number of piperidine rings is 1. The lowest BCUT2D eigenvalue weighted by Crippen LogP contribution is -2.46. The SMILES string of the molecule is COCCC(=O)N1C[C@H](CN2CCC3(CC2)CCN(Cc2ccc(OC)cc2)C3=O)[C@@H](c2ccccc2)C1. The van der Waals surface area contributed by atoms with Gasteiger partial charge < -0.3 is 24.2 Å². The zero-order valence-electron chi connectivity index (χ0n) is 22.8. The number of benzene rings is 2. The Hall–Kier alpha value is -2.90. The van der Waals surface area contributed by atoms with Gasteiger partial charge in [0.25, 0.3) is 0 Å². The van der Waals surface area contributed by atoms with E-state index in [0.717, 1.165) is 69.8 Å². The van der Waals surface area contributed by atoms with Crippen molar-refractivity contribution in [2.24, 2.45) is 11.3 Å². The lowest BCUT2D eigenvalue weighted by Gasteiger charge is -2.39. The van der Waals surface area contributed by atoms with Crippen LogP contribution in [0.2, 0.25) is 0 Å². The van der Waals surface area contributed by atoms with Gasteiger partial charge in [0.1, 0.15) is 5.75 Å². The van der Waals surface area contributed by atoms with Crippen LogP contribution in [-0.4, -0.2) is 86.6 Å². The molecule has 5 rings (SSSR count). The molecule has 0 radical (unpaired) electrons. The molecule has 3 saturated heterocycles. The second-order valence-electron chi connectivity index (χ2n) is 11.2. The van der Waals surface area contributed by atoms with E-state index in [2.05, 4.69) is 35.2 Å². The molecular weight excluding hydrogens is 478 g/mol. The second kappa shape index (κ2) is 11.9. The van der Waals surface area contributed by atoms with Crippen molar-refractivity contribution in [1.29, 1.82) is 0 Å². The standard InChI is InChI=1S/C31H41N3O4/c1-37-19-12-29(35)34-22-26(28(23-34)25-6-4-3-5-7-25)21-32-16-13-31(14-17-32)15-18-33(30(31)36)20-24-8-10-27(38-2)11-9-24/h3-11,26,28H,12-23H2,1-2H3/t26-,28+/m0/s1. The highest BCUT2D eigenvalue weighted by Gasteiger charge is 2.48.